The molecular weight excluding hydrogens is 797 g/mol. The lowest BCUT2D eigenvalue weighted by molar-refractivity contribution is -0.318. The molecule has 18 nitrogen and oxygen atoms in total. The predicted octanol–water partition coefficient (Wildman–Crippen LogP) is 1.69. The van der Waals surface area contributed by atoms with Crippen LogP contribution >= 0.6 is 7.60 Å². The van der Waals surface area contributed by atoms with Gasteiger partial charge in [-0.3, -0.25) is 14.2 Å². The molecule has 346 valence electrons. The summed E-state index contributed by atoms with van der Waals surface area (Å²) in [5.41, 5.74) is -4.84. The number of epoxide rings is 1. The summed E-state index contributed by atoms with van der Waals surface area (Å²) in [7, 11) is 1.27. The van der Waals surface area contributed by atoms with Crippen LogP contribution in [0, 0.1) is 23.7 Å². The highest BCUT2D eigenvalue weighted by atomic mass is 31.2. The van der Waals surface area contributed by atoms with Gasteiger partial charge >= 0.3 is 13.6 Å². The Labute approximate surface area is 349 Å². The number of hydrogen-bond acceptors (Lipinski definition) is 16. The van der Waals surface area contributed by atoms with Crippen LogP contribution in [0.1, 0.15) is 102 Å². The number of carbonyl (C=O) groups is 2. The molecule has 0 bridgehead atoms. The number of cyclic esters (lactones) is 1. The monoisotopic (exact) mass is 871 g/mol. The molecule has 19 heteroatoms. The van der Waals surface area contributed by atoms with Crippen molar-refractivity contribution in [2.24, 2.45) is 23.7 Å². The van der Waals surface area contributed by atoms with Crippen LogP contribution in [0.2, 0.25) is 0 Å². The third-order valence-corrected chi connectivity index (χ3v) is 14.0. The minimum atomic E-state index is -3.90. The molecule has 0 aromatic carbocycles. The highest BCUT2D eigenvalue weighted by molar-refractivity contribution is 7.52. The summed E-state index contributed by atoms with van der Waals surface area (Å²) in [6.07, 6.45) is -9.96. The van der Waals surface area contributed by atoms with Crippen LogP contribution in [-0.4, -0.2) is 169 Å². The Morgan fingerprint density at radius 2 is 1.42 bits per heavy atom. The summed E-state index contributed by atoms with van der Waals surface area (Å²) in [6, 6.07) is -0.324. The lowest BCUT2D eigenvalue weighted by Gasteiger charge is -2.49. The maximum atomic E-state index is 14.1. The molecule has 0 saturated carbocycles. The van der Waals surface area contributed by atoms with Gasteiger partial charge in [0.05, 0.1) is 53.7 Å². The molecule has 0 aromatic rings. The Morgan fingerprint density at radius 1 is 0.847 bits per heavy atom. The minimum absolute atomic E-state index is 0.0936. The molecule has 4 aliphatic rings. The number of likely N-dealkylation sites (N-methyl/N-ethyl adjacent to an activating group) is 1. The molecule has 4 aliphatic heterocycles. The number of Topliss-reactive ketones (excluding diaryl/α,β-unsaturated/α-hetero) is 1. The van der Waals surface area contributed by atoms with Crippen molar-refractivity contribution in [3.63, 3.8) is 0 Å². The Morgan fingerprint density at radius 3 is 1.90 bits per heavy atom. The van der Waals surface area contributed by atoms with Crippen LogP contribution in [0.4, 0.5) is 0 Å². The van der Waals surface area contributed by atoms with Crippen LogP contribution in [-0.2, 0) is 47.3 Å². The zero-order valence-electron chi connectivity index (χ0n) is 37.3. The summed E-state index contributed by atoms with van der Waals surface area (Å²) in [5.74, 6) is -5.79. The zero-order chi connectivity index (χ0) is 45.3. The number of nitrogens with zero attached hydrogens (tertiary/aromatic N) is 1. The van der Waals surface area contributed by atoms with Crippen molar-refractivity contribution in [3.8, 4) is 0 Å². The molecule has 59 heavy (non-hydrogen) atoms. The Hall–Kier alpha value is -1.19. The summed E-state index contributed by atoms with van der Waals surface area (Å²) >= 11 is 0. The first-order valence-electron chi connectivity index (χ1n) is 20.7. The second-order valence-corrected chi connectivity index (χ2v) is 20.0. The fourth-order valence-corrected chi connectivity index (χ4v) is 9.84. The number of rotatable bonds is 8. The highest BCUT2D eigenvalue weighted by Crippen LogP contribution is 2.52. The molecule has 0 amide bonds. The second kappa shape index (κ2) is 20.1. The molecule has 20 atom stereocenters. The Bertz CT molecular complexity index is 1440. The smallest absolute Gasteiger partial charge is 0.356 e. The molecule has 0 aliphatic carbocycles. The van der Waals surface area contributed by atoms with E-state index in [-0.39, 0.29) is 37.5 Å². The zero-order valence-corrected chi connectivity index (χ0v) is 38.1. The van der Waals surface area contributed by atoms with E-state index < -0.39 is 121 Å². The molecule has 0 radical (unpaired) electrons. The molecule has 0 unspecified atom stereocenters. The molecule has 4 fully saturated rings. The molecular formula is C40H74NO17P. The van der Waals surface area contributed by atoms with Gasteiger partial charge in [0.1, 0.15) is 29.7 Å². The van der Waals surface area contributed by atoms with Gasteiger partial charge in [-0.15, -0.1) is 0 Å². The van der Waals surface area contributed by atoms with Gasteiger partial charge in [-0.05, 0) is 81.8 Å². The van der Waals surface area contributed by atoms with Gasteiger partial charge in [-0.1, -0.05) is 27.7 Å². The normalized spacial score (nSPS) is 48.1. The summed E-state index contributed by atoms with van der Waals surface area (Å²) in [5, 5.41) is 57.6. The third kappa shape index (κ3) is 12.3. The molecule has 0 spiro atoms. The number of esters is 1. The number of ketones is 1. The molecule has 4 heterocycles. The van der Waals surface area contributed by atoms with Crippen LogP contribution in [0.3, 0.4) is 0 Å². The van der Waals surface area contributed by atoms with E-state index in [1.54, 1.807) is 48.5 Å². The fraction of sp³-hybridized carbons (Fsp3) is 0.950. The number of aliphatic hydroxyl groups is 5. The number of hydrogen-bond donors (Lipinski definition) is 7. The first-order chi connectivity index (χ1) is 26.9. The first kappa shape index (κ1) is 52.2. The van der Waals surface area contributed by atoms with Gasteiger partial charge in [-0.2, -0.15) is 0 Å². The summed E-state index contributed by atoms with van der Waals surface area (Å²) < 4.78 is 51.7. The van der Waals surface area contributed by atoms with E-state index in [0.717, 1.165) is 0 Å². The highest BCUT2D eigenvalue weighted by Gasteiger charge is 2.54. The third-order valence-electron chi connectivity index (χ3n) is 12.8. The lowest BCUT2D eigenvalue weighted by atomic mass is 9.74. The minimum Gasteiger partial charge on any atom is -0.459 e. The van der Waals surface area contributed by atoms with Gasteiger partial charge in [0.25, 0.3) is 0 Å². The Kier molecular flexibility index (Phi) is 17.8. The molecule has 7 N–H and O–H groups in total. The average molecular weight is 872 g/mol. The van der Waals surface area contributed by atoms with Crippen molar-refractivity contribution in [1.82, 2.24) is 4.90 Å². The second-order valence-electron chi connectivity index (χ2n) is 18.3. The van der Waals surface area contributed by atoms with Gasteiger partial charge < -0.3 is 73.4 Å². The topological polar surface area (TPSA) is 264 Å². The van der Waals surface area contributed by atoms with Crippen molar-refractivity contribution < 1.29 is 82.6 Å². The van der Waals surface area contributed by atoms with Crippen LogP contribution in [0.15, 0.2) is 0 Å². The Balaban J connectivity index is 0.00000103. The van der Waals surface area contributed by atoms with Crippen LogP contribution in [0.25, 0.3) is 0 Å². The quantitative estimate of drug-likeness (QED) is 0.104. The molecule has 4 rings (SSSR count). The lowest BCUT2D eigenvalue weighted by Crippen LogP contribution is -2.61. The van der Waals surface area contributed by atoms with Crippen molar-refractivity contribution in [3.05, 3.63) is 0 Å². The number of carbonyl (C=O) groups excluding carboxylic acids is 2. The van der Waals surface area contributed by atoms with E-state index in [1.165, 1.54) is 27.9 Å². The van der Waals surface area contributed by atoms with Gasteiger partial charge in [0.2, 0.25) is 0 Å². The maximum absolute atomic E-state index is 14.1. The first-order valence-corrected chi connectivity index (χ1v) is 22.4. The van der Waals surface area contributed by atoms with Crippen molar-refractivity contribution in [2.45, 2.75) is 198 Å². The van der Waals surface area contributed by atoms with Crippen molar-refractivity contribution >= 4 is 19.3 Å². The largest absolute Gasteiger partial charge is 0.459 e. The van der Waals surface area contributed by atoms with E-state index >= 15 is 0 Å². The van der Waals surface area contributed by atoms with Crippen molar-refractivity contribution in [2.75, 3.05) is 21.2 Å². The van der Waals surface area contributed by atoms with Gasteiger partial charge in [0, 0.05) is 37.3 Å². The van der Waals surface area contributed by atoms with E-state index in [9.17, 15) is 39.7 Å². The van der Waals surface area contributed by atoms with Gasteiger partial charge in [-0.25, -0.2) is 0 Å². The predicted molar refractivity (Wildman–Crippen MR) is 213 cm³/mol. The fourth-order valence-electron chi connectivity index (χ4n) is 8.94. The van der Waals surface area contributed by atoms with Crippen molar-refractivity contribution in [1.29, 1.82) is 0 Å². The van der Waals surface area contributed by atoms with Crippen LogP contribution in [0.5, 0.6) is 0 Å². The number of aliphatic hydroxyl groups excluding tert-OH is 3. The molecule has 4 saturated heterocycles. The van der Waals surface area contributed by atoms with E-state index in [4.69, 9.17) is 38.2 Å². The SMILES string of the molecule is CC[C@H]1OC(=O)[C@H](C)[C@@H](O[C@H]2C[C@@](C)(OC)[C@@H](O)[C@H](C)O2)[C@H](C)[C@@H](O[C@@H]2O[C@H](C)C[C@H](N(C)C)[C@H]2O)[C@](C)(O)C[C@@H](C)C(=O)[C@H](C)[C@@H](O)[C@]1(C)O.C[C@@H]1O[C@@H]1P(=O)(O)O. The van der Waals surface area contributed by atoms with E-state index in [0.29, 0.717) is 6.42 Å². The summed E-state index contributed by atoms with van der Waals surface area (Å²) in [6.45, 7) is 18.0. The maximum Gasteiger partial charge on any atom is 0.356 e. The number of ether oxygens (including phenoxy) is 7. The summed E-state index contributed by atoms with van der Waals surface area (Å²) in [4.78, 5) is 46.4. The van der Waals surface area contributed by atoms with E-state index in [2.05, 4.69) is 4.74 Å². The standard InChI is InChI=1S/C37H67NO13.C3H7O4P/c1-14-25-37(10,45)30(41)20(4)27(39)18(2)16-35(8,44)32(51-34-28(40)24(38(11)12)15-19(3)47-34)21(5)29(22(6)33(43)49-25)50-26-17-36(9,46-13)31(42)23(7)48-26;1-2-3(7-2)8(4,5)6/h18-26,28-32,34,40-42,44-45H,14-17H2,1-13H3;2-3H,1H3,(H2,4,5,6)/t18-,19-,20+,21+,22-,23+,24+,25-,26+,28-,29+,30-,31+,32-,34+,35-,36-,37-;2-,3+/m10/s1. The van der Waals surface area contributed by atoms with Gasteiger partial charge in [0.15, 0.2) is 18.4 Å². The average Bonchev–Trinajstić information content (AvgIpc) is 3.90. The molecule has 0 aromatic heterocycles. The van der Waals surface area contributed by atoms with Crippen LogP contribution < -0.4 is 0 Å². The van der Waals surface area contributed by atoms with E-state index in [1.807, 2.05) is 25.9 Å². The number of methoxy groups -OCH3 is 1.